The molecule has 0 aliphatic heterocycles. The van der Waals surface area contributed by atoms with Crippen LogP contribution in [0.3, 0.4) is 0 Å². The van der Waals surface area contributed by atoms with Gasteiger partial charge in [-0.25, -0.2) is 4.79 Å². The molecular formula is C8H5ClF3NO2. The lowest BCUT2D eigenvalue weighted by Crippen LogP contribution is -2.15. The van der Waals surface area contributed by atoms with Gasteiger partial charge in [0.15, 0.2) is 0 Å². The van der Waals surface area contributed by atoms with Crippen LogP contribution in [0.1, 0.15) is 21.6 Å². The minimum absolute atomic E-state index is 0.0436. The molecule has 0 fully saturated rings. The summed E-state index contributed by atoms with van der Waals surface area (Å²) in [4.78, 5) is 14.0. The number of pyridine rings is 1. The second-order valence-electron chi connectivity index (χ2n) is 2.75. The van der Waals surface area contributed by atoms with Gasteiger partial charge in [0, 0.05) is 6.20 Å². The predicted molar refractivity (Wildman–Crippen MR) is 45.9 cm³/mol. The Morgan fingerprint density at radius 3 is 2.47 bits per heavy atom. The third-order valence-electron chi connectivity index (χ3n) is 1.71. The van der Waals surface area contributed by atoms with E-state index in [9.17, 15) is 18.0 Å². The van der Waals surface area contributed by atoms with Crippen molar-refractivity contribution in [3.8, 4) is 0 Å². The average Bonchev–Trinajstić information content (AvgIpc) is 2.06. The summed E-state index contributed by atoms with van der Waals surface area (Å²) in [6.45, 7) is 1.33. The van der Waals surface area contributed by atoms with Gasteiger partial charge < -0.3 is 5.11 Å². The van der Waals surface area contributed by atoms with E-state index in [4.69, 9.17) is 16.7 Å². The number of alkyl halides is 3. The Bertz CT molecular complexity index is 417. The second kappa shape index (κ2) is 3.69. The van der Waals surface area contributed by atoms with E-state index in [1.54, 1.807) is 0 Å². The molecule has 0 aliphatic carbocycles. The first kappa shape index (κ1) is 11.8. The van der Waals surface area contributed by atoms with E-state index < -0.39 is 28.3 Å². The number of carbonyl (C=O) groups is 1. The lowest BCUT2D eigenvalue weighted by molar-refractivity contribution is -0.138. The van der Waals surface area contributed by atoms with Gasteiger partial charge >= 0.3 is 12.1 Å². The molecular weight excluding hydrogens is 235 g/mol. The summed E-state index contributed by atoms with van der Waals surface area (Å²) < 4.78 is 37.1. The fraction of sp³-hybridized carbons (Fsp3) is 0.250. The van der Waals surface area contributed by atoms with Gasteiger partial charge in [0.1, 0.15) is 0 Å². The quantitative estimate of drug-likeness (QED) is 0.820. The number of hydrogen-bond acceptors (Lipinski definition) is 2. The maximum Gasteiger partial charge on any atom is 0.418 e. The molecule has 1 N–H and O–H groups in total. The molecule has 0 saturated heterocycles. The number of aryl methyl sites for hydroxylation is 1. The number of carboxylic acid groups (broad SMARTS) is 1. The fourth-order valence-electron chi connectivity index (χ4n) is 1.01. The SMILES string of the molecule is Cc1ncc(C(F)(F)F)c(C(=O)O)c1Cl. The minimum Gasteiger partial charge on any atom is -0.478 e. The molecule has 7 heteroatoms. The van der Waals surface area contributed by atoms with Crippen molar-refractivity contribution in [2.24, 2.45) is 0 Å². The molecule has 0 saturated carbocycles. The molecule has 0 bridgehead atoms. The van der Waals surface area contributed by atoms with Crippen LogP contribution in [0.2, 0.25) is 5.02 Å². The zero-order valence-corrected chi connectivity index (χ0v) is 8.15. The number of aromatic carboxylic acids is 1. The molecule has 1 heterocycles. The van der Waals surface area contributed by atoms with E-state index in [2.05, 4.69) is 4.98 Å². The van der Waals surface area contributed by atoms with Crippen molar-refractivity contribution in [2.75, 3.05) is 0 Å². The lowest BCUT2D eigenvalue weighted by Gasteiger charge is -2.11. The van der Waals surface area contributed by atoms with Crippen LogP contribution >= 0.6 is 11.6 Å². The minimum atomic E-state index is -4.78. The molecule has 0 atom stereocenters. The summed E-state index contributed by atoms with van der Waals surface area (Å²) in [5, 5.41) is 8.13. The van der Waals surface area contributed by atoms with Gasteiger partial charge in [0.05, 0.1) is 21.8 Å². The molecule has 0 unspecified atom stereocenters. The normalized spacial score (nSPS) is 11.5. The lowest BCUT2D eigenvalue weighted by atomic mass is 10.1. The Balaban J connectivity index is 3.55. The zero-order valence-electron chi connectivity index (χ0n) is 7.39. The molecule has 82 valence electrons. The van der Waals surface area contributed by atoms with Crippen molar-refractivity contribution in [1.82, 2.24) is 4.98 Å². The van der Waals surface area contributed by atoms with Crippen LogP contribution in [0, 0.1) is 6.92 Å². The molecule has 0 spiro atoms. The Morgan fingerprint density at radius 1 is 1.53 bits per heavy atom. The predicted octanol–water partition coefficient (Wildman–Crippen LogP) is 2.76. The average molecular weight is 240 g/mol. The summed E-state index contributed by atoms with van der Waals surface area (Å²) in [5.41, 5.74) is -2.26. The highest BCUT2D eigenvalue weighted by atomic mass is 35.5. The Hall–Kier alpha value is -1.30. The number of rotatable bonds is 1. The first-order chi connectivity index (χ1) is 6.75. The van der Waals surface area contributed by atoms with Gasteiger partial charge in [-0.2, -0.15) is 13.2 Å². The summed E-state index contributed by atoms with van der Waals surface area (Å²) in [7, 11) is 0. The summed E-state index contributed by atoms with van der Waals surface area (Å²) >= 11 is 5.46. The number of carboxylic acids is 1. The second-order valence-corrected chi connectivity index (χ2v) is 3.13. The molecule has 0 aromatic carbocycles. The van der Waals surface area contributed by atoms with Crippen LogP contribution in [0.4, 0.5) is 13.2 Å². The zero-order chi connectivity index (χ0) is 11.8. The van der Waals surface area contributed by atoms with E-state index in [0.29, 0.717) is 6.20 Å². The van der Waals surface area contributed by atoms with Crippen molar-refractivity contribution in [2.45, 2.75) is 13.1 Å². The van der Waals surface area contributed by atoms with Crippen molar-refractivity contribution in [1.29, 1.82) is 0 Å². The molecule has 0 radical (unpaired) electrons. The highest BCUT2D eigenvalue weighted by Crippen LogP contribution is 2.35. The number of hydrogen-bond donors (Lipinski definition) is 1. The number of nitrogens with zero attached hydrogens (tertiary/aromatic N) is 1. The molecule has 3 nitrogen and oxygen atoms in total. The molecule has 1 rings (SSSR count). The van der Waals surface area contributed by atoms with Crippen LogP contribution in [0.25, 0.3) is 0 Å². The molecule has 1 aromatic heterocycles. The van der Waals surface area contributed by atoms with Crippen molar-refractivity contribution < 1.29 is 23.1 Å². The van der Waals surface area contributed by atoms with E-state index >= 15 is 0 Å². The Kier molecular flexibility index (Phi) is 2.90. The number of halogens is 4. The van der Waals surface area contributed by atoms with Gasteiger partial charge in [-0.05, 0) is 6.92 Å². The summed E-state index contributed by atoms with van der Waals surface area (Å²) in [6, 6.07) is 0. The third-order valence-corrected chi connectivity index (χ3v) is 2.18. The molecule has 1 aromatic rings. The van der Waals surface area contributed by atoms with E-state index in [1.807, 2.05) is 0 Å². The van der Waals surface area contributed by atoms with Gasteiger partial charge in [-0.3, -0.25) is 4.98 Å². The molecule has 15 heavy (non-hydrogen) atoms. The van der Waals surface area contributed by atoms with E-state index in [1.165, 1.54) is 6.92 Å². The Morgan fingerprint density at radius 2 is 2.07 bits per heavy atom. The largest absolute Gasteiger partial charge is 0.478 e. The van der Waals surface area contributed by atoms with Crippen LogP contribution in [0.15, 0.2) is 6.20 Å². The molecule has 0 aliphatic rings. The van der Waals surface area contributed by atoms with E-state index in [0.717, 1.165) is 0 Å². The highest BCUT2D eigenvalue weighted by Gasteiger charge is 2.37. The van der Waals surface area contributed by atoms with Crippen molar-refractivity contribution >= 4 is 17.6 Å². The highest BCUT2D eigenvalue weighted by molar-refractivity contribution is 6.34. The monoisotopic (exact) mass is 239 g/mol. The van der Waals surface area contributed by atoms with Gasteiger partial charge in [-0.15, -0.1) is 0 Å². The molecule has 0 amide bonds. The Labute approximate surface area is 87.5 Å². The van der Waals surface area contributed by atoms with Crippen LogP contribution in [0.5, 0.6) is 0 Å². The summed E-state index contributed by atoms with van der Waals surface area (Å²) in [6.07, 6.45) is -4.32. The van der Waals surface area contributed by atoms with Crippen molar-refractivity contribution in [3.05, 3.63) is 28.0 Å². The summed E-state index contributed by atoms with van der Waals surface area (Å²) in [5.74, 6) is -1.72. The van der Waals surface area contributed by atoms with Crippen molar-refractivity contribution in [3.63, 3.8) is 0 Å². The fourth-order valence-corrected chi connectivity index (χ4v) is 1.24. The maximum atomic E-state index is 12.4. The number of aromatic nitrogens is 1. The van der Waals surface area contributed by atoms with Gasteiger partial charge in [0.25, 0.3) is 0 Å². The first-order valence-corrected chi connectivity index (χ1v) is 4.08. The third kappa shape index (κ3) is 2.20. The van der Waals surface area contributed by atoms with Gasteiger partial charge in [0.2, 0.25) is 0 Å². The smallest absolute Gasteiger partial charge is 0.418 e. The van der Waals surface area contributed by atoms with E-state index in [-0.39, 0.29) is 5.69 Å². The standard InChI is InChI=1S/C8H5ClF3NO2/c1-3-6(9)5(7(14)15)4(2-13-3)8(10,11)12/h2H,1H3,(H,14,15). The first-order valence-electron chi connectivity index (χ1n) is 3.70. The maximum absolute atomic E-state index is 12.4. The van der Waals surface area contributed by atoms with Crippen LogP contribution < -0.4 is 0 Å². The topological polar surface area (TPSA) is 50.2 Å². The van der Waals surface area contributed by atoms with Gasteiger partial charge in [-0.1, -0.05) is 11.6 Å². The van der Waals surface area contributed by atoms with Crippen LogP contribution in [-0.2, 0) is 6.18 Å². The van der Waals surface area contributed by atoms with Crippen LogP contribution in [-0.4, -0.2) is 16.1 Å².